The van der Waals surface area contributed by atoms with E-state index < -0.39 is 0 Å². The van der Waals surface area contributed by atoms with Gasteiger partial charge in [-0.1, -0.05) is 0 Å². The SMILES string of the molecule is CCn1ncc(Br)c1C(=O)c1ccnc(CN)c1. The summed E-state index contributed by atoms with van der Waals surface area (Å²) in [5.74, 6) is -0.0849. The lowest BCUT2D eigenvalue weighted by Gasteiger charge is -2.05. The number of aromatic nitrogens is 3. The smallest absolute Gasteiger partial charge is 0.212 e. The second kappa shape index (κ2) is 5.41. The van der Waals surface area contributed by atoms with E-state index in [-0.39, 0.29) is 5.78 Å². The molecule has 0 aliphatic carbocycles. The lowest BCUT2D eigenvalue weighted by atomic mass is 10.1. The molecule has 0 saturated heterocycles. The van der Waals surface area contributed by atoms with Gasteiger partial charge in [0.05, 0.1) is 16.4 Å². The summed E-state index contributed by atoms with van der Waals surface area (Å²) in [5.41, 5.74) is 7.34. The lowest BCUT2D eigenvalue weighted by molar-refractivity contribution is 0.102. The van der Waals surface area contributed by atoms with E-state index in [9.17, 15) is 4.79 Å². The van der Waals surface area contributed by atoms with E-state index in [1.165, 1.54) is 0 Å². The van der Waals surface area contributed by atoms with Crippen molar-refractivity contribution in [3.63, 3.8) is 0 Å². The highest BCUT2D eigenvalue weighted by atomic mass is 79.9. The summed E-state index contributed by atoms with van der Waals surface area (Å²) in [6.07, 6.45) is 3.22. The van der Waals surface area contributed by atoms with Gasteiger partial charge in [0.2, 0.25) is 5.78 Å². The maximum Gasteiger partial charge on any atom is 0.212 e. The molecule has 2 N–H and O–H groups in total. The van der Waals surface area contributed by atoms with E-state index in [1.54, 1.807) is 29.2 Å². The first-order valence-corrected chi connectivity index (χ1v) is 6.37. The molecule has 0 spiro atoms. The minimum absolute atomic E-state index is 0.0849. The van der Waals surface area contributed by atoms with Gasteiger partial charge in [0.1, 0.15) is 5.69 Å². The molecule has 0 bridgehead atoms. The second-order valence-electron chi connectivity index (χ2n) is 3.73. The molecular weight excluding hydrogens is 296 g/mol. The van der Waals surface area contributed by atoms with Crippen LogP contribution < -0.4 is 5.73 Å². The molecule has 0 unspecified atom stereocenters. The number of carbonyl (C=O) groups is 1. The molecule has 18 heavy (non-hydrogen) atoms. The zero-order chi connectivity index (χ0) is 13.1. The van der Waals surface area contributed by atoms with Crippen LogP contribution in [0.5, 0.6) is 0 Å². The molecule has 0 aliphatic rings. The number of carbonyl (C=O) groups excluding carboxylic acids is 1. The van der Waals surface area contributed by atoms with Crippen molar-refractivity contribution in [1.29, 1.82) is 0 Å². The van der Waals surface area contributed by atoms with E-state index in [4.69, 9.17) is 5.73 Å². The third-order valence-corrected chi connectivity index (χ3v) is 3.18. The van der Waals surface area contributed by atoms with Crippen LogP contribution in [0.25, 0.3) is 0 Å². The first kappa shape index (κ1) is 12.9. The summed E-state index contributed by atoms with van der Waals surface area (Å²) >= 11 is 3.35. The summed E-state index contributed by atoms with van der Waals surface area (Å²) < 4.78 is 2.36. The predicted octanol–water partition coefficient (Wildman–Crippen LogP) is 1.75. The van der Waals surface area contributed by atoms with Crippen LogP contribution in [0.1, 0.15) is 28.7 Å². The normalized spacial score (nSPS) is 10.6. The Kier molecular flexibility index (Phi) is 3.88. The predicted molar refractivity (Wildman–Crippen MR) is 71.2 cm³/mol. The second-order valence-corrected chi connectivity index (χ2v) is 4.58. The number of aryl methyl sites for hydroxylation is 1. The van der Waals surface area contributed by atoms with Gasteiger partial charge in [-0.25, -0.2) is 0 Å². The molecule has 2 rings (SSSR count). The Morgan fingerprint density at radius 3 is 3.00 bits per heavy atom. The van der Waals surface area contributed by atoms with Gasteiger partial charge in [0.15, 0.2) is 0 Å². The van der Waals surface area contributed by atoms with Crippen molar-refractivity contribution in [2.75, 3.05) is 0 Å². The van der Waals surface area contributed by atoms with Crippen LogP contribution in [0.3, 0.4) is 0 Å². The molecule has 0 saturated carbocycles. The van der Waals surface area contributed by atoms with Gasteiger partial charge < -0.3 is 5.73 Å². The maximum absolute atomic E-state index is 12.4. The fourth-order valence-electron chi connectivity index (χ4n) is 1.70. The Bertz CT molecular complexity index is 579. The van der Waals surface area contributed by atoms with E-state index in [2.05, 4.69) is 26.0 Å². The van der Waals surface area contributed by atoms with Gasteiger partial charge in [-0.2, -0.15) is 5.10 Å². The third kappa shape index (κ3) is 2.34. The van der Waals surface area contributed by atoms with Crippen LogP contribution in [-0.4, -0.2) is 20.5 Å². The Balaban J connectivity index is 2.44. The van der Waals surface area contributed by atoms with Crippen molar-refractivity contribution in [1.82, 2.24) is 14.8 Å². The van der Waals surface area contributed by atoms with Gasteiger partial charge in [-0.05, 0) is 35.0 Å². The van der Waals surface area contributed by atoms with Crippen LogP contribution >= 0.6 is 15.9 Å². The summed E-state index contributed by atoms with van der Waals surface area (Å²) in [6, 6.07) is 3.39. The van der Waals surface area contributed by atoms with Gasteiger partial charge in [0.25, 0.3) is 0 Å². The molecule has 0 aliphatic heterocycles. The molecule has 0 fully saturated rings. The zero-order valence-corrected chi connectivity index (χ0v) is 11.5. The number of pyridine rings is 1. The molecule has 2 aromatic heterocycles. The van der Waals surface area contributed by atoms with Gasteiger partial charge in [-0.15, -0.1) is 0 Å². The van der Waals surface area contributed by atoms with Crippen LogP contribution in [-0.2, 0) is 13.1 Å². The van der Waals surface area contributed by atoms with Crippen LogP contribution in [0, 0.1) is 0 Å². The summed E-state index contributed by atoms with van der Waals surface area (Å²) in [6.45, 7) is 2.89. The number of hydrogen-bond acceptors (Lipinski definition) is 4. The number of nitrogens with two attached hydrogens (primary N) is 1. The molecule has 0 amide bonds. The first-order chi connectivity index (χ1) is 8.67. The Morgan fingerprint density at radius 1 is 1.56 bits per heavy atom. The highest BCUT2D eigenvalue weighted by molar-refractivity contribution is 9.10. The van der Waals surface area contributed by atoms with E-state index in [1.807, 2.05) is 6.92 Å². The maximum atomic E-state index is 12.4. The standard InChI is InChI=1S/C12H13BrN4O/c1-2-17-11(10(13)7-16-17)12(18)8-3-4-15-9(5-8)6-14/h3-5,7H,2,6,14H2,1H3. The van der Waals surface area contributed by atoms with Gasteiger partial charge in [0, 0.05) is 24.8 Å². The first-order valence-electron chi connectivity index (χ1n) is 5.58. The highest BCUT2D eigenvalue weighted by Crippen LogP contribution is 2.20. The molecule has 0 radical (unpaired) electrons. The Labute approximate surface area is 113 Å². The average Bonchev–Trinajstić information content (AvgIpc) is 2.79. The summed E-state index contributed by atoms with van der Waals surface area (Å²) in [4.78, 5) is 16.5. The summed E-state index contributed by atoms with van der Waals surface area (Å²) in [5, 5.41) is 4.13. The monoisotopic (exact) mass is 308 g/mol. The van der Waals surface area contributed by atoms with Crippen LogP contribution in [0.15, 0.2) is 29.0 Å². The minimum atomic E-state index is -0.0849. The van der Waals surface area contributed by atoms with Crippen molar-refractivity contribution >= 4 is 21.7 Å². The van der Waals surface area contributed by atoms with Crippen LogP contribution in [0.2, 0.25) is 0 Å². The van der Waals surface area contributed by atoms with E-state index >= 15 is 0 Å². The molecule has 0 atom stereocenters. The van der Waals surface area contributed by atoms with Crippen molar-refractivity contribution in [3.8, 4) is 0 Å². The van der Waals surface area contributed by atoms with E-state index in [0.717, 1.165) is 0 Å². The van der Waals surface area contributed by atoms with Gasteiger partial charge >= 0.3 is 0 Å². The number of ketones is 1. The molecule has 5 nitrogen and oxygen atoms in total. The molecule has 2 heterocycles. The number of rotatable bonds is 4. The fraction of sp³-hybridized carbons (Fsp3) is 0.250. The van der Waals surface area contributed by atoms with Crippen molar-refractivity contribution in [2.24, 2.45) is 5.73 Å². The third-order valence-electron chi connectivity index (χ3n) is 2.60. The zero-order valence-electron chi connectivity index (χ0n) is 9.93. The largest absolute Gasteiger partial charge is 0.325 e. The molecule has 0 aromatic carbocycles. The van der Waals surface area contributed by atoms with E-state index in [0.29, 0.717) is 34.5 Å². The van der Waals surface area contributed by atoms with Crippen molar-refractivity contribution in [2.45, 2.75) is 20.0 Å². The quantitative estimate of drug-likeness (QED) is 0.873. The number of nitrogens with zero attached hydrogens (tertiary/aromatic N) is 3. The molecular formula is C12H13BrN4O. The molecule has 6 heteroatoms. The average molecular weight is 309 g/mol. The lowest BCUT2D eigenvalue weighted by Crippen LogP contribution is -2.12. The Hall–Kier alpha value is -1.53. The Morgan fingerprint density at radius 2 is 2.33 bits per heavy atom. The minimum Gasteiger partial charge on any atom is -0.325 e. The number of halogens is 1. The topological polar surface area (TPSA) is 73.8 Å². The van der Waals surface area contributed by atoms with Crippen molar-refractivity contribution < 1.29 is 4.79 Å². The van der Waals surface area contributed by atoms with Crippen molar-refractivity contribution in [3.05, 3.63) is 46.0 Å². The van der Waals surface area contributed by atoms with Gasteiger partial charge in [-0.3, -0.25) is 14.5 Å². The van der Waals surface area contributed by atoms with Crippen LogP contribution in [0.4, 0.5) is 0 Å². The highest BCUT2D eigenvalue weighted by Gasteiger charge is 2.18. The molecule has 2 aromatic rings. The summed E-state index contributed by atoms with van der Waals surface area (Å²) in [7, 11) is 0. The molecule has 94 valence electrons. The number of hydrogen-bond donors (Lipinski definition) is 1. The fourth-order valence-corrected chi connectivity index (χ4v) is 2.17.